The van der Waals surface area contributed by atoms with Gasteiger partial charge in [-0.15, -0.1) is 0 Å². The Hall–Kier alpha value is -0.0551. The van der Waals surface area contributed by atoms with E-state index in [1.807, 2.05) is 6.92 Å². The minimum Gasteiger partial charge on any atom is -0.427 e. The number of hydrogen-bond acceptors (Lipinski definition) is 3. The van der Waals surface area contributed by atoms with Crippen LogP contribution in [0, 0.1) is 5.92 Å². The van der Waals surface area contributed by atoms with Crippen molar-refractivity contribution in [1.29, 1.82) is 0 Å². The highest BCUT2D eigenvalue weighted by atomic mass is 16.4. The van der Waals surface area contributed by atoms with Gasteiger partial charge in [0.15, 0.2) is 0 Å². The van der Waals surface area contributed by atoms with Crippen LogP contribution in [-0.4, -0.2) is 23.7 Å². The molecule has 0 spiro atoms. The molecule has 48 valence electrons. The lowest BCUT2D eigenvalue weighted by Crippen LogP contribution is -2.20. The largest absolute Gasteiger partial charge is 0.451 e. The summed E-state index contributed by atoms with van der Waals surface area (Å²) in [6, 6.07) is 0. The van der Waals surface area contributed by atoms with E-state index in [4.69, 9.17) is 15.8 Å². The first-order valence-electron chi connectivity index (χ1n) is 2.73. The smallest absolute Gasteiger partial charge is 0.427 e. The molecule has 8 heavy (non-hydrogen) atoms. The molecule has 1 unspecified atom stereocenters. The van der Waals surface area contributed by atoms with Crippen LogP contribution in [0.4, 0.5) is 0 Å². The van der Waals surface area contributed by atoms with E-state index < -0.39 is 7.12 Å². The molecule has 3 nitrogen and oxygen atoms in total. The zero-order valence-corrected chi connectivity index (χ0v) is 5.04. The van der Waals surface area contributed by atoms with Gasteiger partial charge in [-0.1, -0.05) is 6.92 Å². The molecular formula is C4H12BNO2. The molecule has 0 aliphatic carbocycles. The molecule has 0 aliphatic rings. The maximum Gasteiger partial charge on any atom is 0.451 e. The van der Waals surface area contributed by atoms with E-state index in [2.05, 4.69) is 0 Å². The van der Waals surface area contributed by atoms with E-state index in [1.54, 1.807) is 0 Å². The van der Waals surface area contributed by atoms with Gasteiger partial charge in [0.25, 0.3) is 0 Å². The molecule has 0 aromatic carbocycles. The maximum atomic E-state index is 8.35. The first-order valence-corrected chi connectivity index (χ1v) is 2.73. The van der Waals surface area contributed by atoms with Crippen LogP contribution < -0.4 is 5.73 Å². The molecule has 0 radical (unpaired) electrons. The number of hydrogen-bond donors (Lipinski definition) is 3. The summed E-state index contributed by atoms with van der Waals surface area (Å²) in [5.41, 5.74) is 5.20. The molecule has 1 atom stereocenters. The second-order valence-electron chi connectivity index (χ2n) is 2.06. The van der Waals surface area contributed by atoms with Gasteiger partial charge in [-0.05, 0) is 18.8 Å². The van der Waals surface area contributed by atoms with Crippen molar-refractivity contribution in [3.8, 4) is 0 Å². The molecule has 0 aromatic heterocycles. The average molecular weight is 117 g/mol. The van der Waals surface area contributed by atoms with Crippen molar-refractivity contribution in [2.75, 3.05) is 6.54 Å². The van der Waals surface area contributed by atoms with Crippen LogP contribution in [0.2, 0.25) is 6.32 Å². The molecule has 0 rings (SSSR count). The van der Waals surface area contributed by atoms with Crippen molar-refractivity contribution in [3.05, 3.63) is 0 Å². The molecule has 0 saturated carbocycles. The Balaban J connectivity index is 3.10. The van der Waals surface area contributed by atoms with Crippen LogP contribution in [0.1, 0.15) is 6.92 Å². The van der Waals surface area contributed by atoms with Crippen molar-refractivity contribution in [2.45, 2.75) is 13.2 Å². The monoisotopic (exact) mass is 117 g/mol. The highest BCUT2D eigenvalue weighted by Gasteiger charge is 2.10. The van der Waals surface area contributed by atoms with E-state index in [1.165, 1.54) is 0 Å². The topological polar surface area (TPSA) is 66.5 Å². The molecule has 0 fully saturated rings. The molecule has 0 aromatic rings. The third-order valence-electron chi connectivity index (χ3n) is 1.02. The molecule has 0 saturated heterocycles. The summed E-state index contributed by atoms with van der Waals surface area (Å²) in [5, 5.41) is 16.7. The molecule has 0 bridgehead atoms. The second kappa shape index (κ2) is 3.89. The van der Waals surface area contributed by atoms with Crippen LogP contribution in [0.15, 0.2) is 0 Å². The van der Waals surface area contributed by atoms with Gasteiger partial charge >= 0.3 is 7.12 Å². The SMILES string of the molecule is CC(CN)CB(O)O. The summed E-state index contributed by atoms with van der Waals surface area (Å²) in [6.07, 6.45) is 0.372. The minimum absolute atomic E-state index is 0.204. The van der Waals surface area contributed by atoms with Gasteiger partial charge < -0.3 is 15.8 Å². The van der Waals surface area contributed by atoms with Gasteiger partial charge in [0.2, 0.25) is 0 Å². The maximum absolute atomic E-state index is 8.35. The van der Waals surface area contributed by atoms with Crippen molar-refractivity contribution >= 4 is 7.12 Å². The normalized spacial score (nSPS) is 13.5. The predicted octanol–water partition coefficient (Wildman–Crippen LogP) is -0.946. The fourth-order valence-corrected chi connectivity index (χ4v) is 0.456. The van der Waals surface area contributed by atoms with Crippen LogP contribution in [0.3, 0.4) is 0 Å². The first kappa shape index (κ1) is 7.94. The summed E-state index contributed by atoms with van der Waals surface area (Å²) < 4.78 is 0. The zero-order chi connectivity index (χ0) is 6.57. The number of rotatable bonds is 3. The van der Waals surface area contributed by atoms with Crippen LogP contribution in [0.5, 0.6) is 0 Å². The standard InChI is InChI=1S/C4H12BNO2/c1-4(3-6)2-5(7)8/h4,7-8H,2-3,6H2,1H3. The fraction of sp³-hybridized carbons (Fsp3) is 1.00. The Morgan fingerprint density at radius 2 is 2.12 bits per heavy atom. The second-order valence-corrected chi connectivity index (χ2v) is 2.06. The van der Waals surface area contributed by atoms with Gasteiger partial charge in [0.05, 0.1) is 0 Å². The van der Waals surface area contributed by atoms with Gasteiger partial charge in [-0.3, -0.25) is 0 Å². The van der Waals surface area contributed by atoms with E-state index in [-0.39, 0.29) is 5.92 Å². The Labute approximate surface area is 49.7 Å². The predicted molar refractivity (Wildman–Crippen MR) is 33.2 cm³/mol. The summed E-state index contributed by atoms with van der Waals surface area (Å²) in [4.78, 5) is 0. The Morgan fingerprint density at radius 1 is 1.62 bits per heavy atom. The number of nitrogens with two attached hydrogens (primary N) is 1. The van der Waals surface area contributed by atoms with Crippen molar-refractivity contribution in [3.63, 3.8) is 0 Å². The van der Waals surface area contributed by atoms with Crippen molar-refractivity contribution in [1.82, 2.24) is 0 Å². The van der Waals surface area contributed by atoms with E-state index in [9.17, 15) is 0 Å². The van der Waals surface area contributed by atoms with Crippen LogP contribution >= 0.6 is 0 Å². The molecule has 0 aliphatic heterocycles. The molecule has 4 N–H and O–H groups in total. The average Bonchev–Trinajstić information content (AvgIpc) is 1.65. The Morgan fingerprint density at radius 3 is 2.25 bits per heavy atom. The minimum atomic E-state index is -1.20. The molecule has 0 heterocycles. The highest BCUT2D eigenvalue weighted by molar-refractivity contribution is 6.41. The molecule has 4 heteroatoms. The first-order chi connectivity index (χ1) is 3.66. The summed E-state index contributed by atoms with van der Waals surface area (Å²) in [7, 11) is -1.20. The lowest BCUT2D eigenvalue weighted by atomic mass is 9.79. The zero-order valence-electron chi connectivity index (χ0n) is 5.04. The Kier molecular flexibility index (Phi) is 3.86. The summed E-state index contributed by atoms with van der Waals surface area (Å²) >= 11 is 0. The molecule has 0 amide bonds. The lowest BCUT2D eigenvalue weighted by molar-refractivity contribution is 0.391. The van der Waals surface area contributed by atoms with Gasteiger partial charge in [-0.25, -0.2) is 0 Å². The van der Waals surface area contributed by atoms with E-state index >= 15 is 0 Å². The lowest BCUT2D eigenvalue weighted by Gasteiger charge is -2.04. The van der Waals surface area contributed by atoms with E-state index in [0.717, 1.165) is 0 Å². The van der Waals surface area contributed by atoms with Gasteiger partial charge in [0, 0.05) is 0 Å². The quantitative estimate of drug-likeness (QED) is 0.417. The Bertz CT molecular complexity index is 60.0. The summed E-state index contributed by atoms with van der Waals surface area (Å²) in [5.74, 6) is 0.204. The third kappa shape index (κ3) is 4.11. The van der Waals surface area contributed by atoms with Crippen molar-refractivity contribution in [2.24, 2.45) is 11.7 Å². The fourth-order valence-electron chi connectivity index (χ4n) is 0.456. The van der Waals surface area contributed by atoms with Gasteiger partial charge in [-0.2, -0.15) is 0 Å². The van der Waals surface area contributed by atoms with Gasteiger partial charge in [0.1, 0.15) is 0 Å². The third-order valence-corrected chi connectivity index (χ3v) is 1.02. The summed E-state index contributed by atoms with van der Waals surface area (Å²) in [6.45, 7) is 2.39. The van der Waals surface area contributed by atoms with Crippen LogP contribution in [0.25, 0.3) is 0 Å². The van der Waals surface area contributed by atoms with E-state index in [0.29, 0.717) is 12.9 Å². The van der Waals surface area contributed by atoms with Crippen LogP contribution in [-0.2, 0) is 0 Å². The highest BCUT2D eigenvalue weighted by Crippen LogP contribution is 1.99. The molecular weight excluding hydrogens is 105 g/mol. The van der Waals surface area contributed by atoms with Crippen molar-refractivity contribution < 1.29 is 10.0 Å².